The predicted molar refractivity (Wildman–Crippen MR) is 60.7 cm³/mol. The van der Waals surface area contributed by atoms with Crippen molar-refractivity contribution in [2.75, 3.05) is 5.75 Å². The lowest BCUT2D eigenvalue weighted by atomic mass is 10.1. The van der Waals surface area contributed by atoms with E-state index < -0.39 is 0 Å². The molecule has 0 saturated heterocycles. The van der Waals surface area contributed by atoms with Gasteiger partial charge in [-0.25, -0.2) is 0 Å². The zero-order valence-corrected chi connectivity index (χ0v) is 9.55. The highest BCUT2D eigenvalue weighted by Crippen LogP contribution is 2.18. The quantitative estimate of drug-likeness (QED) is 0.340. The van der Waals surface area contributed by atoms with Gasteiger partial charge in [-0.05, 0) is 6.42 Å². The second-order valence-electron chi connectivity index (χ2n) is 3.02. The Morgan fingerprint density at radius 1 is 0.917 bits per heavy atom. The van der Waals surface area contributed by atoms with Crippen LogP contribution in [-0.2, 0) is 0 Å². The molecule has 0 radical (unpaired) electrons. The molecule has 0 aliphatic carbocycles. The summed E-state index contributed by atoms with van der Waals surface area (Å²) in [6.07, 6.45) is 9.47. The molecule has 12 heavy (non-hydrogen) atoms. The summed E-state index contributed by atoms with van der Waals surface area (Å²) >= 11 is 0.890. The zero-order valence-electron chi connectivity index (χ0n) is 7.92. The van der Waals surface area contributed by atoms with Gasteiger partial charge < -0.3 is 4.55 Å². The number of unbranched alkanes of at least 4 members (excludes halogenated alkanes) is 6. The Hall–Kier alpha value is 0.660. The van der Waals surface area contributed by atoms with Gasteiger partial charge in [-0.1, -0.05) is 56.2 Å². The highest BCUT2D eigenvalue weighted by Gasteiger charge is 1.91. The van der Waals surface area contributed by atoms with Gasteiger partial charge in [0.05, 0.1) is 11.1 Å². The van der Waals surface area contributed by atoms with Crippen molar-refractivity contribution >= 4 is 21.9 Å². The van der Waals surface area contributed by atoms with E-state index in [1.165, 1.54) is 44.9 Å². The van der Waals surface area contributed by atoms with E-state index in [4.69, 9.17) is 4.55 Å². The van der Waals surface area contributed by atoms with Gasteiger partial charge in [0.2, 0.25) is 0 Å². The van der Waals surface area contributed by atoms with Gasteiger partial charge in [-0.2, -0.15) is 0 Å². The SMILES string of the molecule is CCCCCCCCCSSO. The van der Waals surface area contributed by atoms with E-state index in [1.54, 1.807) is 10.8 Å². The molecule has 0 saturated carbocycles. The molecule has 0 rings (SSSR count). The average Bonchev–Trinajstić information content (AvgIpc) is 2.10. The molecule has 0 aromatic heterocycles. The molecule has 0 fully saturated rings. The Morgan fingerprint density at radius 3 is 2.08 bits per heavy atom. The van der Waals surface area contributed by atoms with Gasteiger partial charge in [0, 0.05) is 5.75 Å². The molecule has 0 atom stereocenters. The van der Waals surface area contributed by atoms with Crippen LogP contribution in [0, 0.1) is 0 Å². The molecule has 0 aliphatic rings. The standard InChI is InChI=1S/C9H20OS2/c1-2-3-4-5-6-7-8-9-11-12-10/h10H,2-9H2,1H3. The molecule has 74 valence electrons. The maximum atomic E-state index is 8.42. The lowest BCUT2D eigenvalue weighted by molar-refractivity contribution is 0.604. The molecule has 0 aromatic carbocycles. The third-order valence-corrected chi connectivity index (χ3v) is 3.26. The summed E-state index contributed by atoms with van der Waals surface area (Å²) in [5.41, 5.74) is 0. The van der Waals surface area contributed by atoms with Crippen LogP contribution in [0.2, 0.25) is 0 Å². The number of hydrogen-bond acceptors (Lipinski definition) is 3. The fourth-order valence-corrected chi connectivity index (χ4v) is 2.13. The Kier molecular flexibility index (Phi) is 12.3. The van der Waals surface area contributed by atoms with Gasteiger partial charge >= 0.3 is 0 Å². The Balaban J connectivity index is 2.73. The third-order valence-electron chi connectivity index (χ3n) is 1.88. The summed E-state index contributed by atoms with van der Waals surface area (Å²) in [6.45, 7) is 2.25. The van der Waals surface area contributed by atoms with Gasteiger partial charge in [-0.15, -0.1) is 0 Å². The van der Waals surface area contributed by atoms with Crippen LogP contribution in [0.1, 0.15) is 51.9 Å². The van der Waals surface area contributed by atoms with Crippen molar-refractivity contribution in [3.8, 4) is 0 Å². The maximum Gasteiger partial charge on any atom is 0.0593 e. The fraction of sp³-hybridized carbons (Fsp3) is 1.00. The van der Waals surface area contributed by atoms with Gasteiger partial charge in [-0.3, -0.25) is 0 Å². The maximum absolute atomic E-state index is 8.42. The molecule has 0 amide bonds. The monoisotopic (exact) mass is 208 g/mol. The van der Waals surface area contributed by atoms with Crippen LogP contribution in [0.3, 0.4) is 0 Å². The zero-order chi connectivity index (χ0) is 9.07. The van der Waals surface area contributed by atoms with E-state index in [9.17, 15) is 0 Å². The predicted octanol–water partition coefficient (Wildman–Crippen LogP) is 4.59. The number of rotatable bonds is 9. The van der Waals surface area contributed by atoms with Crippen LogP contribution >= 0.6 is 21.9 Å². The van der Waals surface area contributed by atoms with Crippen molar-refractivity contribution in [2.45, 2.75) is 51.9 Å². The van der Waals surface area contributed by atoms with E-state index in [-0.39, 0.29) is 0 Å². The second-order valence-corrected chi connectivity index (χ2v) is 4.97. The van der Waals surface area contributed by atoms with Crippen LogP contribution in [0.5, 0.6) is 0 Å². The van der Waals surface area contributed by atoms with E-state index in [0.717, 1.165) is 16.8 Å². The van der Waals surface area contributed by atoms with Crippen molar-refractivity contribution in [1.29, 1.82) is 0 Å². The summed E-state index contributed by atoms with van der Waals surface area (Å²) in [7, 11) is 1.55. The summed E-state index contributed by atoms with van der Waals surface area (Å²) in [6, 6.07) is 0. The van der Waals surface area contributed by atoms with Crippen LogP contribution in [0.4, 0.5) is 0 Å². The normalized spacial score (nSPS) is 10.5. The fourth-order valence-electron chi connectivity index (χ4n) is 1.16. The summed E-state index contributed by atoms with van der Waals surface area (Å²) in [4.78, 5) is 0. The van der Waals surface area contributed by atoms with Gasteiger partial charge in [0.1, 0.15) is 0 Å². The first-order valence-electron chi connectivity index (χ1n) is 4.85. The topological polar surface area (TPSA) is 20.2 Å². The molecule has 0 spiro atoms. The van der Waals surface area contributed by atoms with Crippen LogP contribution < -0.4 is 0 Å². The summed E-state index contributed by atoms with van der Waals surface area (Å²) in [5.74, 6) is 1.09. The number of hydrogen-bond donors (Lipinski definition) is 1. The smallest absolute Gasteiger partial charge is 0.0593 e. The molecule has 3 heteroatoms. The van der Waals surface area contributed by atoms with E-state index in [2.05, 4.69) is 6.92 Å². The van der Waals surface area contributed by atoms with Crippen molar-refractivity contribution in [3.05, 3.63) is 0 Å². The lowest BCUT2D eigenvalue weighted by Crippen LogP contribution is -1.81. The minimum absolute atomic E-state index is 0.890. The van der Waals surface area contributed by atoms with Crippen molar-refractivity contribution in [3.63, 3.8) is 0 Å². The van der Waals surface area contributed by atoms with Crippen molar-refractivity contribution in [2.24, 2.45) is 0 Å². The van der Waals surface area contributed by atoms with E-state index in [0.29, 0.717) is 0 Å². The average molecular weight is 208 g/mol. The summed E-state index contributed by atoms with van der Waals surface area (Å²) < 4.78 is 8.42. The minimum atomic E-state index is 0.890. The first-order chi connectivity index (χ1) is 5.91. The minimum Gasteiger partial charge on any atom is -0.321 e. The summed E-state index contributed by atoms with van der Waals surface area (Å²) in [5, 5.41) is 0. The Bertz CT molecular complexity index is 68.9. The molecule has 0 bridgehead atoms. The van der Waals surface area contributed by atoms with E-state index >= 15 is 0 Å². The molecular formula is C9H20OS2. The Morgan fingerprint density at radius 2 is 1.50 bits per heavy atom. The molecule has 0 unspecified atom stereocenters. The van der Waals surface area contributed by atoms with Crippen LogP contribution in [-0.4, -0.2) is 10.3 Å². The second kappa shape index (κ2) is 11.7. The van der Waals surface area contributed by atoms with E-state index in [1.807, 2.05) is 0 Å². The lowest BCUT2D eigenvalue weighted by Gasteiger charge is -1.99. The molecule has 1 N–H and O–H groups in total. The first-order valence-corrected chi connectivity index (χ1v) is 7.12. The first kappa shape index (κ1) is 12.7. The van der Waals surface area contributed by atoms with Gasteiger partial charge in [0.25, 0.3) is 0 Å². The highest BCUT2D eigenvalue weighted by molar-refractivity contribution is 8.74. The highest BCUT2D eigenvalue weighted by atomic mass is 33.1. The third kappa shape index (κ3) is 10.7. The molecule has 0 aliphatic heterocycles. The van der Waals surface area contributed by atoms with Crippen LogP contribution in [0.15, 0.2) is 0 Å². The van der Waals surface area contributed by atoms with Crippen molar-refractivity contribution < 1.29 is 4.55 Å². The molecule has 0 heterocycles. The van der Waals surface area contributed by atoms with Crippen LogP contribution in [0.25, 0.3) is 0 Å². The van der Waals surface area contributed by atoms with Crippen molar-refractivity contribution in [1.82, 2.24) is 0 Å². The van der Waals surface area contributed by atoms with Gasteiger partial charge in [0.15, 0.2) is 0 Å². The largest absolute Gasteiger partial charge is 0.321 e. The molecular weight excluding hydrogens is 188 g/mol. The molecule has 1 nitrogen and oxygen atoms in total. The molecule has 0 aromatic rings. The Labute approximate surface area is 84.3 Å².